The molecule has 3 nitrogen and oxygen atoms in total. The van der Waals surface area contributed by atoms with Crippen molar-refractivity contribution >= 4 is 27.6 Å². The van der Waals surface area contributed by atoms with Gasteiger partial charge in [0.15, 0.2) is 5.78 Å². The van der Waals surface area contributed by atoms with Crippen LogP contribution in [0, 0.1) is 18.8 Å². The molecule has 1 aliphatic carbocycles. The Labute approximate surface area is 129 Å². The zero-order chi connectivity index (χ0) is 15.4. The van der Waals surface area contributed by atoms with E-state index in [2.05, 4.69) is 31.0 Å². The Morgan fingerprint density at radius 1 is 1.23 bits per heavy atom. The highest BCUT2D eigenvalue weighted by molar-refractivity contribution is 6.19. The molecule has 0 saturated heterocycles. The SMILES string of the molecule is Cc1nc2c(c3c1[nH]c1ccccc13)C(=O)C[C@H](C(C)C)C2. The minimum atomic E-state index is 0.252. The van der Waals surface area contributed by atoms with Crippen LogP contribution in [-0.4, -0.2) is 15.8 Å². The smallest absolute Gasteiger partial charge is 0.165 e. The molecule has 0 aliphatic heterocycles. The first-order valence-corrected chi connectivity index (χ1v) is 7.99. The lowest BCUT2D eigenvalue weighted by molar-refractivity contribution is 0.0933. The molecular formula is C19H20N2O. The molecule has 0 fully saturated rings. The van der Waals surface area contributed by atoms with E-state index in [1.165, 1.54) is 0 Å². The lowest BCUT2D eigenvalue weighted by Crippen LogP contribution is -2.25. The Kier molecular flexibility index (Phi) is 2.86. The molecule has 0 unspecified atom stereocenters. The third-order valence-corrected chi connectivity index (χ3v) is 5.03. The number of hydrogen-bond donors (Lipinski definition) is 1. The Morgan fingerprint density at radius 2 is 2.00 bits per heavy atom. The number of pyridine rings is 1. The summed E-state index contributed by atoms with van der Waals surface area (Å²) in [5, 5.41) is 2.21. The van der Waals surface area contributed by atoms with Gasteiger partial charge in [0.25, 0.3) is 0 Å². The van der Waals surface area contributed by atoms with E-state index in [1.54, 1.807) is 0 Å². The number of fused-ring (bicyclic) bond motifs is 5. The number of aromatic amines is 1. The zero-order valence-corrected chi connectivity index (χ0v) is 13.2. The maximum atomic E-state index is 12.8. The van der Waals surface area contributed by atoms with Crippen LogP contribution in [0.1, 0.15) is 42.0 Å². The minimum absolute atomic E-state index is 0.252. The molecule has 2 heterocycles. The molecule has 0 bridgehead atoms. The van der Waals surface area contributed by atoms with Crippen LogP contribution in [0.15, 0.2) is 24.3 Å². The molecule has 3 aromatic rings. The molecule has 1 atom stereocenters. The van der Waals surface area contributed by atoms with Gasteiger partial charge in [0.05, 0.1) is 16.9 Å². The third-order valence-electron chi connectivity index (χ3n) is 5.03. The summed E-state index contributed by atoms with van der Waals surface area (Å²) in [5.41, 5.74) is 4.92. The van der Waals surface area contributed by atoms with Gasteiger partial charge in [-0.25, -0.2) is 0 Å². The summed E-state index contributed by atoms with van der Waals surface area (Å²) in [4.78, 5) is 21.0. The van der Waals surface area contributed by atoms with Gasteiger partial charge in [-0.1, -0.05) is 32.0 Å². The van der Waals surface area contributed by atoms with E-state index >= 15 is 0 Å². The highest BCUT2D eigenvalue weighted by Gasteiger charge is 2.31. The van der Waals surface area contributed by atoms with Crippen LogP contribution in [0.3, 0.4) is 0 Å². The average molecular weight is 292 g/mol. The van der Waals surface area contributed by atoms with Crippen molar-refractivity contribution < 1.29 is 4.79 Å². The molecule has 1 N–H and O–H groups in total. The minimum Gasteiger partial charge on any atom is -0.353 e. The number of Topliss-reactive ketones (excluding diaryl/α,β-unsaturated/α-hetero) is 1. The predicted molar refractivity (Wildman–Crippen MR) is 89.3 cm³/mol. The monoisotopic (exact) mass is 292 g/mol. The molecule has 3 heteroatoms. The van der Waals surface area contributed by atoms with Crippen LogP contribution in [0.25, 0.3) is 21.8 Å². The standard InChI is InChI=1S/C19H20N2O/c1-10(2)12-8-15-18(16(22)9-12)17-13-6-4-5-7-14(13)21-19(17)11(3)20-15/h4-7,10,12,21H,8-9H2,1-3H3/t12-/m1/s1. The number of hydrogen-bond acceptors (Lipinski definition) is 2. The topological polar surface area (TPSA) is 45.8 Å². The van der Waals surface area contributed by atoms with Gasteiger partial charge >= 0.3 is 0 Å². The van der Waals surface area contributed by atoms with Gasteiger partial charge in [-0.2, -0.15) is 0 Å². The highest BCUT2D eigenvalue weighted by Crippen LogP contribution is 2.37. The number of aryl methyl sites for hydroxylation is 1. The number of carbonyl (C=O) groups is 1. The first kappa shape index (κ1) is 13.5. The molecule has 22 heavy (non-hydrogen) atoms. The van der Waals surface area contributed by atoms with Crippen LogP contribution < -0.4 is 0 Å². The number of carbonyl (C=O) groups excluding carboxylic acids is 1. The second-order valence-corrected chi connectivity index (χ2v) is 6.78. The Balaban J connectivity index is 2.07. The maximum Gasteiger partial charge on any atom is 0.165 e. The lowest BCUT2D eigenvalue weighted by Gasteiger charge is -2.26. The van der Waals surface area contributed by atoms with Crippen LogP contribution in [0.5, 0.6) is 0 Å². The third kappa shape index (κ3) is 1.81. The van der Waals surface area contributed by atoms with Gasteiger partial charge < -0.3 is 4.98 Å². The van der Waals surface area contributed by atoms with Gasteiger partial charge in [-0.05, 0) is 31.2 Å². The molecule has 112 valence electrons. The number of benzene rings is 1. The van der Waals surface area contributed by atoms with E-state index < -0.39 is 0 Å². The van der Waals surface area contributed by atoms with E-state index in [0.717, 1.165) is 45.2 Å². The summed E-state index contributed by atoms with van der Waals surface area (Å²) in [5.74, 6) is 1.18. The van der Waals surface area contributed by atoms with Crippen molar-refractivity contribution in [2.75, 3.05) is 0 Å². The van der Waals surface area contributed by atoms with E-state index in [9.17, 15) is 4.79 Å². The van der Waals surface area contributed by atoms with Crippen molar-refractivity contribution in [3.05, 3.63) is 41.2 Å². The van der Waals surface area contributed by atoms with Crippen molar-refractivity contribution in [3.8, 4) is 0 Å². The summed E-state index contributed by atoms with van der Waals surface area (Å²) < 4.78 is 0. The van der Waals surface area contributed by atoms with Crippen molar-refractivity contribution in [2.24, 2.45) is 11.8 Å². The maximum absolute atomic E-state index is 12.8. The molecule has 4 rings (SSSR count). The predicted octanol–water partition coefficient (Wildman–Crippen LogP) is 4.43. The molecule has 0 spiro atoms. The Bertz CT molecular complexity index is 905. The summed E-state index contributed by atoms with van der Waals surface area (Å²) in [6, 6.07) is 8.20. The van der Waals surface area contributed by atoms with Gasteiger partial charge in [0, 0.05) is 28.3 Å². The van der Waals surface area contributed by atoms with Gasteiger partial charge in [0.1, 0.15) is 0 Å². The summed E-state index contributed by atoms with van der Waals surface area (Å²) in [7, 11) is 0. The van der Waals surface area contributed by atoms with Crippen LogP contribution in [0.2, 0.25) is 0 Å². The van der Waals surface area contributed by atoms with Gasteiger partial charge in [-0.3, -0.25) is 9.78 Å². The quantitative estimate of drug-likeness (QED) is 0.721. The van der Waals surface area contributed by atoms with E-state index in [0.29, 0.717) is 18.3 Å². The number of H-pyrrole nitrogens is 1. The second kappa shape index (κ2) is 4.67. The zero-order valence-electron chi connectivity index (χ0n) is 13.2. The summed E-state index contributed by atoms with van der Waals surface area (Å²) in [6.45, 7) is 6.42. The molecule has 2 aromatic heterocycles. The average Bonchev–Trinajstić information content (AvgIpc) is 2.87. The number of nitrogens with zero attached hydrogens (tertiary/aromatic N) is 1. The fourth-order valence-corrected chi connectivity index (χ4v) is 3.71. The van der Waals surface area contributed by atoms with E-state index in [4.69, 9.17) is 4.98 Å². The normalized spacial score (nSPS) is 18.4. The van der Waals surface area contributed by atoms with Crippen LogP contribution >= 0.6 is 0 Å². The van der Waals surface area contributed by atoms with Crippen molar-refractivity contribution in [2.45, 2.75) is 33.6 Å². The second-order valence-electron chi connectivity index (χ2n) is 6.78. The molecule has 1 aromatic carbocycles. The fraction of sp³-hybridized carbons (Fsp3) is 0.368. The lowest BCUT2D eigenvalue weighted by atomic mass is 9.78. The molecule has 0 radical (unpaired) electrons. The molecule has 0 amide bonds. The van der Waals surface area contributed by atoms with Crippen LogP contribution in [-0.2, 0) is 6.42 Å². The largest absolute Gasteiger partial charge is 0.353 e. The van der Waals surface area contributed by atoms with E-state index in [1.807, 2.05) is 19.1 Å². The number of ketones is 1. The van der Waals surface area contributed by atoms with Gasteiger partial charge in [0.2, 0.25) is 0 Å². The Hall–Kier alpha value is -2.16. The number of aromatic nitrogens is 2. The summed E-state index contributed by atoms with van der Waals surface area (Å²) >= 11 is 0. The molecule has 1 aliphatic rings. The van der Waals surface area contributed by atoms with Crippen LogP contribution in [0.4, 0.5) is 0 Å². The van der Waals surface area contributed by atoms with E-state index in [-0.39, 0.29) is 5.78 Å². The fourth-order valence-electron chi connectivity index (χ4n) is 3.71. The van der Waals surface area contributed by atoms with Crippen molar-refractivity contribution in [1.29, 1.82) is 0 Å². The van der Waals surface area contributed by atoms with Crippen molar-refractivity contribution in [3.63, 3.8) is 0 Å². The first-order chi connectivity index (χ1) is 10.6. The van der Waals surface area contributed by atoms with Crippen molar-refractivity contribution in [1.82, 2.24) is 9.97 Å². The molecule has 0 saturated carbocycles. The number of para-hydroxylation sites is 1. The summed E-state index contributed by atoms with van der Waals surface area (Å²) in [6.07, 6.45) is 1.55. The Morgan fingerprint density at radius 3 is 2.77 bits per heavy atom. The van der Waals surface area contributed by atoms with Gasteiger partial charge in [-0.15, -0.1) is 0 Å². The molecular weight excluding hydrogens is 272 g/mol. The number of nitrogens with one attached hydrogen (secondary N) is 1. The highest BCUT2D eigenvalue weighted by atomic mass is 16.1. The number of rotatable bonds is 1. The first-order valence-electron chi connectivity index (χ1n) is 7.99.